The number of hydrogen-bond donors (Lipinski definition) is 2. The first kappa shape index (κ1) is 21.8. The van der Waals surface area contributed by atoms with E-state index in [0.29, 0.717) is 6.54 Å². The molecule has 158 valence electrons. The lowest BCUT2D eigenvalue weighted by atomic mass is 9.83. The fourth-order valence-electron chi connectivity index (χ4n) is 3.71. The number of aliphatic hydroxyl groups is 1. The van der Waals surface area contributed by atoms with E-state index in [1.165, 1.54) is 12.1 Å². The van der Waals surface area contributed by atoms with Crippen LogP contribution in [-0.2, 0) is 4.79 Å². The van der Waals surface area contributed by atoms with Crippen LogP contribution in [0.4, 0.5) is 8.78 Å². The number of benzene rings is 2. The number of unbranched alkanes of at least 4 members (excludes halogenated alkanes) is 4. The van der Waals surface area contributed by atoms with E-state index in [2.05, 4.69) is 12.2 Å². The van der Waals surface area contributed by atoms with Crippen molar-refractivity contribution in [3.05, 3.63) is 76.4 Å². The maximum Gasteiger partial charge on any atom is 0.235 e. The SMILES string of the molecule is CCCCCCCNC(C1=C(O)c2ccccc2C(=O)C1=O)c1ccc(F)c(F)c1. The van der Waals surface area contributed by atoms with Gasteiger partial charge in [0, 0.05) is 11.1 Å². The van der Waals surface area contributed by atoms with E-state index in [9.17, 15) is 23.5 Å². The highest BCUT2D eigenvalue weighted by molar-refractivity contribution is 6.52. The van der Waals surface area contributed by atoms with Gasteiger partial charge in [-0.15, -0.1) is 0 Å². The molecule has 30 heavy (non-hydrogen) atoms. The Morgan fingerprint density at radius 1 is 0.900 bits per heavy atom. The molecule has 2 aromatic carbocycles. The van der Waals surface area contributed by atoms with Gasteiger partial charge in [-0.2, -0.15) is 0 Å². The van der Waals surface area contributed by atoms with Gasteiger partial charge in [0.25, 0.3) is 0 Å². The summed E-state index contributed by atoms with van der Waals surface area (Å²) >= 11 is 0. The van der Waals surface area contributed by atoms with Crippen molar-refractivity contribution in [1.29, 1.82) is 0 Å². The zero-order valence-corrected chi connectivity index (χ0v) is 16.9. The lowest BCUT2D eigenvalue weighted by Gasteiger charge is -2.26. The van der Waals surface area contributed by atoms with Gasteiger partial charge in [-0.05, 0) is 30.7 Å². The molecule has 0 aromatic heterocycles. The summed E-state index contributed by atoms with van der Waals surface area (Å²) in [6, 6.07) is 8.69. The summed E-state index contributed by atoms with van der Waals surface area (Å²) in [6.07, 6.45) is 5.11. The van der Waals surface area contributed by atoms with Crippen LogP contribution >= 0.6 is 0 Å². The fraction of sp³-hybridized carbons (Fsp3) is 0.333. The Morgan fingerprint density at radius 2 is 1.60 bits per heavy atom. The zero-order chi connectivity index (χ0) is 21.7. The molecule has 0 radical (unpaired) electrons. The van der Waals surface area contributed by atoms with Crippen LogP contribution in [0, 0.1) is 11.6 Å². The molecule has 1 atom stereocenters. The minimum absolute atomic E-state index is 0.132. The summed E-state index contributed by atoms with van der Waals surface area (Å²) < 4.78 is 27.4. The van der Waals surface area contributed by atoms with Crippen LogP contribution in [0.2, 0.25) is 0 Å². The molecule has 4 nitrogen and oxygen atoms in total. The highest BCUT2D eigenvalue weighted by Gasteiger charge is 2.37. The monoisotopic (exact) mass is 413 g/mol. The molecule has 1 aliphatic carbocycles. The number of halogens is 2. The molecule has 6 heteroatoms. The molecule has 2 N–H and O–H groups in total. The second-order valence-corrected chi connectivity index (χ2v) is 7.44. The van der Waals surface area contributed by atoms with Crippen molar-refractivity contribution in [2.45, 2.75) is 45.1 Å². The van der Waals surface area contributed by atoms with Gasteiger partial charge in [0.1, 0.15) is 5.76 Å². The van der Waals surface area contributed by atoms with Gasteiger partial charge in [0.2, 0.25) is 11.6 Å². The molecule has 0 bridgehead atoms. The summed E-state index contributed by atoms with van der Waals surface area (Å²) in [5.41, 5.74) is 0.518. The Bertz CT molecular complexity index is 984. The number of carbonyl (C=O) groups excluding carboxylic acids is 2. The Labute approximate surface area is 174 Å². The van der Waals surface area contributed by atoms with Crippen LogP contribution < -0.4 is 5.32 Å². The molecule has 0 spiro atoms. The number of ketones is 2. The van der Waals surface area contributed by atoms with Gasteiger partial charge >= 0.3 is 0 Å². The summed E-state index contributed by atoms with van der Waals surface area (Å²) in [7, 11) is 0. The second kappa shape index (κ2) is 9.76. The predicted octanol–water partition coefficient (Wildman–Crippen LogP) is 5.30. The normalized spacial score (nSPS) is 14.8. The smallest absolute Gasteiger partial charge is 0.235 e. The van der Waals surface area contributed by atoms with Gasteiger partial charge in [0.05, 0.1) is 11.6 Å². The van der Waals surface area contributed by atoms with Crippen molar-refractivity contribution in [2.75, 3.05) is 6.54 Å². The number of rotatable bonds is 9. The molecule has 3 rings (SSSR count). The Morgan fingerprint density at radius 3 is 2.30 bits per heavy atom. The van der Waals surface area contributed by atoms with Crippen LogP contribution in [0.3, 0.4) is 0 Å². The largest absolute Gasteiger partial charge is 0.507 e. The first-order valence-electron chi connectivity index (χ1n) is 10.3. The first-order valence-corrected chi connectivity index (χ1v) is 10.3. The van der Waals surface area contributed by atoms with E-state index in [1.54, 1.807) is 18.2 Å². The molecule has 1 aliphatic rings. The van der Waals surface area contributed by atoms with Crippen molar-refractivity contribution in [3.63, 3.8) is 0 Å². The van der Waals surface area contributed by atoms with E-state index in [-0.39, 0.29) is 28.0 Å². The molecule has 0 saturated heterocycles. The molecule has 0 aliphatic heterocycles. The lowest BCUT2D eigenvalue weighted by Crippen LogP contribution is -2.34. The number of carbonyl (C=O) groups is 2. The Kier molecular flexibility index (Phi) is 7.11. The zero-order valence-electron chi connectivity index (χ0n) is 16.9. The first-order chi connectivity index (χ1) is 14.5. The second-order valence-electron chi connectivity index (χ2n) is 7.44. The number of Topliss-reactive ketones (excluding diaryl/α,β-unsaturated/α-hetero) is 2. The van der Waals surface area contributed by atoms with Crippen molar-refractivity contribution in [2.24, 2.45) is 0 Å². The van der Waals surface area contributed by atoms with Crippen LogP contribution in [0.1, 0.15) is 66.6 Å². The van der Waals surface area contributed by atoms with Crippen molar-refractivity contribution >= 4 is 17.3 Å². The summed E-state index contributed by atoms with van der Waals surface area (Å²) in [4.78, 5) is 25.5. The molecular formula is C24H25F2NO3. The fourth-order valence-corrected chi connectivity index (χ4v) is 3.71. The molecule has 0 amide bonds. The van der Waals surface area contributed by atoms with Crippen LogP contribution in [0.5, 0.6) is 0 Å². The molecule has 0 fully saturated rings. The van der Waals surface area contributed by atoms with E-state index in [0.717, 1.165) is 44.2 Å². The number of hydrogen-bond acceptors (Lipinski definition) is 4. The molecule has 2 aromatic rings. The van der Waals surface area contributed by atoms with Gasteiger partial charge < -0.3 is 10.4 Å². The third-order valence-corrected chi connectivity index (χ3v) is 5.33. The molecule has 0 saturated carbocycles. The Balaban J connectivity index is 1.97. The van der Waals surface area contributed by atoms with Gasteiger partial charge in [0.15, 0.2) is 11.6 Å². The molecule has 0 heterocycles. The van der Waals surface area contributed by atoms with Gasteiger partial charge in [-0.1, -0.05) is 62.9 Å². The summed E-state index contributed by atoms with van der Waals surface area (Å²) in [5, 5.41) is 14.0. The number of nitrogens with one attached hydrogen (secondary N) is 1. The van der Waals surface area contributed by atoms with E-state index < -0.39 is 29.2 Å². The van der Waals surface area contributed by atoms with Gasteiger partial charge in [-0.3, -0.25) is 9.59 Å². The standard InChI is InChI=1S/C24H25F2NO3/c1-2-3-4-5-8-13-27-21(15-11-12-18(25)19(26)14-15)20-22(28)16-9-6-7-10-17(16)23(29)24(20)30/h6-7,9-12,14,21,27-28H,2-5,8,13H2,1H3. The van der Waals surface area contributed by atoms with Crippen LogP contribution in [-0.4, -0.2) is 23.2 Å². The maximum atomic E-state index is 13.9. The molecule has 1 unspecified atom stereocenters. The maximum absolute atomic E-state index is 13.9. The van der Waals surface area contributed by atoms with Crippen LogP contribution in [0.25, 0.3) is 5.76 Å². The highest BCUT2D eigenvalue weighted by Crippen LogP contribution is 2.35. The highest BCUT2D eigenvalue weighted by atomic mass is 19.2. The van der Waals surface area contributed by atoms with E-state index >= 15 is 0 Å². The lowest BCUT2D eigenvalue weighted by molar-refractivity contribution is -0.112. The van der Waals surface area contributed by atoms with Gasteiger partial charge in [-0.25, -0.2) is 8.78 Å². The third-order valence-electron chi connectivity index (χ3n) is 5.33. The Hall–Kier alpha value is -2.86. The summed E-state index contributed by atoms with van der Waals surface area (Å²) in [6.45, 7) is 2.61. The third kappa shape index (κ3) is 4.49. The summed E-state index contributed by atoms with van der Waals surface area (Å²) in [5.74, 6) is -3.96. The average Bonchev–Trinajstić information content (AvgIpc) is 2.75. The number of fused-ring (bicyclic) bond motifs is 1. The van der Waals surface area contributed by atoms with E-state index in [1.807, 2.05) is 0 Å². The minimum Gasteiger partial charge on any atom is -0.507 e. The topological polar surface area (TPSA) is 66.4 Å². The predicted molar refractivity (Wildman–Crippen MR) is 111 cm³/mol. The van der Waals surface area contributed by atoms with E-state index in [4.69, 9.17) is 0 Å². The quantitative estimate of drug-likeness (QED) is 0.432. The molecular weight excluding hydrogens is 388 g/mol. The average molecular weight is 413 g/mol. The van der Waals surface area contributed by atoms with Crippen molar-refractivity contribution < 1.29 is 23.5 Å². The van der Waals surface area contributed by atoms with Crippen molar-refractivity contribution in [1.82, 2.24) is 5.32 Å². The van der Waals surface area contributed by atoms with Crippen LogP contribution in [0.15, 0.2) is 48.0 Å². The van der Waals surface area contributed by atoms with Crippen molar-refractivity contribution in [3.8, 4) is 0 Å². The number of aliphatic hydroxyl groups excluding tert-OH is 1. The minimum atomic E-state index is -1.06.